The number of nitrogens with one attached hydrogen (secondary N) is 1. The quantitative estimate of drug-likeness (QED) is 0.661. The molecule has 1 aromatic carbocycles. The first-order valence-corrected chi connectivity index (χ1v) is 5.57. The van der Waals surface area contributed by atoms with Crippen LogP contribution in [0.5, 0.6) is 0 Å². The van der Waals surface area contributed by atoms with Gasteiger partial charge in [0, 0.05) is 24.4 Å². The van der Waals surface area contributed by atoms with Crippen molar-refractivity contribution in [3.05, 3.63) is 52.2 Å². The van der Waals surface area contributed by atoms with Crippen molar-refractivity contribution >= 4 is 22.7 Å². The molecule has 0 saturated carbocycles. The highest BCUT2D eigenvalue weighted by Gasteiger charge is 2.13. The number of likely N-dealkylation sites (N-methyl/N-ethyl adjacent to an activating group) is 1. The van der Waals surface area contributed by atoms with Crippen molar-refractivity contribution in [2.75, 3.05) is 13.6 Å². The van der Waals surface area contributed by atoms with Crippen LogP contribution in [-0.4, -0.2) is 23.5 Å². The topological polar surface area (TPSA) is 68.1 Å². The molecule has 0 fully saturated rings. The second-order valence-corrected chi connectivity index (χ2v) is 3.79. The van der Waals surface area contributed by atoms with E-state index in [4.69, 9.17) is 0 Å². The minimum atomic E-state index is -0.384. The third-order valence-electron chi connectivity index (χ3n) is 2.59. The number of nitro benzene ring substituents is 1. The van der Waals surface area contributed by atoms with Gasteiger partial charge < -0.3 is 5.32 Å². The number of nitro groups is 1. The Kier molecular flexibility index (Phi) is 3.64. The van der Waals surface area contributed by atoms with Gasteiger partial charge in [-0.1, -0.05) is 12.2 Å². The van der Waals surface area contributed by atoms with E-state index in [1.807, 2.05) is 19.2 Å². The van der Waals surface area contributed by atoms with Crippen molar-refractivity contribution < 1.29 is 4.92 Å². The highest BCUT2D eigenvalue weighted by atomic mass is 16.6. The van der Waals surface area contributed by atoms with Gasteiger partial charge in [0.05, 0.1) is 15.8 Å². The zero-order valence-electron chi connectivity index (χ0n) is 9.96. The van der Waals surface area contributed by atoms with Gasteiger partial charge in [-0.05, 0) is 25.2 Å². The molecular weight excluding hydrogens is 230 g/mol. The van der Waals surface area contributed by atoms with Gasteiger partial charge in [-0.3, -0.25) is 15.1 Å². The Morgan fingerprint density at radius 2 is 2.28 bits per heavy atom. The van der Waals surface area contributed by atoms with E-state index in [-0.39, 0.29) is 10.6 Å². The summed E-state index contributed by atoms with van der Waals surface area (Å²) in [6, 6.07) is 6.66. The molecule has 0 aliphatic heterocycles. The number of pyridine rings is 1. The molecule has 2 aromatic rings. The molecule has 5 nitrogen and oxygen atoms in total. The summed E-state index contributed by atoms with van der Waals surface area (Å²) in [6.45, 7) is 0.741. The summed E-state index contributed by atoms with van der Waals surface area (Å²) in [4.78, 5) is 14.8. The van der Waals surface area contributed by atoms with Gasteiger partial charge in [-0.2, -0.15) is 0 Å². The summed E-state index contributed by atoms with van der Waals surface area (Å²) in [5.74, 6) is 0. The third-order valence-corrected chi connectivity index (χ3v) is 2.59. The molecule has 0 saturated heterocycles. The Bertz CT molecular complexity index is 608. The smallest absolute Gasteiger partial charge is 0.278 e. The van der Waals surface area contributed by atoms with Gasteiger partial charge in [-0.25, -0.2) is 0 Å². The molecule has 0 unspecified atom stereocenters. The van der Waals surface area contributed by atoms with E-state index in [2.05, 4.69) is 10.3 Å². The minimum Gasteiger partial charge on any atom is -0.316 e. The number of nitrogens with zero attached hydrogens (tertiary/aromatic N) is 2. The van der Waals surface area contributed by atoms with E-state index in [1.165, 1.54) is 6.07 Å². The predicted molar refractivity (Wildman–Crippen MR) is 71.4 cm³/mol. The SMILES string of the molecule is CNCC=Cc1ccc([N+](=O)[O-])c2cccnc12. The molecule has 2 rings (SSSR count). The van der Waals surface area contributed by atoms with Crippen molar-refractivity contribution in [2.24, 2.45) is 0 Å². The zero-order chi connectivity index (χ0) is 13.0. The third kappa shape index (κ3) is 2.36. The monoisotopic (exact) mass is 243 g/mol. The van der Waals surface area contributed by atoms with Crippen molar-refractivity contribution in [1.29, 1.82) is 0 Å². The Balaban J connectivity index is 2.57. The number of aromatic nitrogens is 1. The summed E-state index contributed by atoms with van der Waals surface area (Å²) in [7, 11) is 1.86. The first-order valence-electron chi connectivity index (χ1n) is 5.57. The average molecular weight is 243 g/mol. The van der Waals surface area contributed by atoms with Crippen LogP contribution in [0.25, 0.3) is 17.0 Å². The van der Waals surface area contributed by atoms with Crippen molar-refractivity contribution in [3.63, 3.8) is 0 Å². The fraction of sp³-hybridized carbons (Fsp3) is 0.154. The van der Waals surface area contributed by atoms with E-state index >= 15 is 0 Å². The first-order chi connectivity index (χ1) is 8.74. The maximum Gasteiger partial charge on any atom is 0.278 e. The molecule has 1 N–H and O–H groups in total. The van der Waals surface area contributed by atoms with E-state index in [0.29, 0.717) is 10.9 Å². The molecule has 0 spiro atoms. The molecular formula is C13H13N3O2. The van der Waals surface area contributed by atoms with Crippen molar-refractivity contribution in [3.8, 4) is 0 Å². The summed E-state index contributed by atoms with van der Waals surface area (Å²) in [6.07, 6.45) is 5.51. The predicted octanol–water partition coefficient (Wildman–Crippen LogP) is 2.38. The first kappa shape index (κ1) is 12.2. The Morgan fingerprint density at radius 3 is 3.00 bits per heavy atom. The lowest BCUT2D eigenvalue weighted by Crippen LogP contribution is -2.03. The largest absolute Gasteiger partial charge is 0.316 e. The molecule has 0 amide bonds. The molecule has 18 heavy (non-hydrogen) atoms. The number of rotatable bonds is 4. The van der Waals surface area contributed by atoms with Gasteiger partial charge in [-0.15, -0.1) is 0 Å². The minimum absolute atomic E-state index is 0.0869. The molecule has 92 valence electrons. The van der Waals surface area contributed by atoms with Crippen molar-refractivity contribution in [2.45, 2.75) is 0 Å². The second kappa shape index (κ2) is 5.37. The molecule has 1 heterocycles. The highest BCUT2D eigenvalue weighted by Crippen LogP contribution is 2.27. The molecule has 0 atom stereocenters. The van der Waals surface area contributed by atoms with Crippen LogP contribution in [0.15, 0.2) is 36.5 Å². The van der Waals surface area contributed by atoms with Crippen LogP contribution in [0, 0.1) is 10.1 Å². The van der Waals surface area contributed by atoms with Crippen molar-refractivity contribution in [1.82, 2.24) is 10.3 Å². The van der Waals surface area contributed by atoms with E-state index in [9.17, 15) is 10.1 Å². The van der Waals surface area contributed by atoms with Crippen LogP contribution in [0.4, 0.5) is 5.69 Å². The van der Waals surface area contributed by atoms with Crippen LogP contribution >= 0.6 is 0 Å². The number of hydrogen-bond donors (Lipinski definition) is 1. The van der Waals surface area contributed by atoms with Gasteiger partial charge >= 0.3 is 0 Å². The number of hydrogen-bond acceptors (Lipinski definition) is 4. The van der Waals surface area contributed by atoms with Gasteiger partial charge in [0.2, 0.25) is 0 Å². The lowest BCUT2D eigenvalue weighted by molar-refractivity contribution is -0.383. The Morgan fingerprint density at radius 1 is 1.44 bits per heavy atom. The lowest BCUT2D eigenvalue weighted by Gasteiger charge is -2.02. The molecule has 0 aliphatic rings. The molecule has 0 bridgehead atoms. The number of fused-ring (bicyclic) bond motifs is 1. The van der Waals surface area contributed by atoms with E-state index in [0.717, 1.165) is 12.1 Å². The zero-order valence-corrected chi connectivity index (χ0v) is 9.96. The summed E-state index contributed by atoms with van der Waals surface area (Å²) < 4.78 is 0. The van der Waals surface area contributed by atoms with Gasteiger partial charge in [0.1, 0.15) is 0 Å². The standard InChI is InChI=1S/C13H13N3O2/c1-14-8-2-4-10-6-7-12(16(17)18)11-5-3-9-15-13(10)11/h2-7,9,14H,8H2,1H3. The van der Waals surface area contributed by atoms with Gasteiger partial charge in [0.25, 0.3) is 5.69 Å². The Labute approximate surface area is 104 Å². The summed E-state index contributed by atoms with van der Waals surface area (Å²) in [5.41, 5.74) is 1.62. The van der Waals surface area contributed by atoms with E-state index < -0.39 is 0 Å². The molecule has 0 aliphatic carbocycles. The maximum atomic E-state index is 10.9. The second-order valence-electron chi connectivity index (χ2n) is 3.79. The summed E-state index contributed by atoms with van der Waals surface area (Å²) in [5, 5.41) is 14.5. The number of benzene rings is 1. The maximum absolute atomic E-state index is 10.9. The fourth-order valence-corrected chi connectivity index (χ4v) is 1.78. The van der Waals surface area contributed by atoms with Crippen LogP contribution in [0.2, 0.25) is 0 Å². The molecule has 0 radical (unpaired) electrons. The van der Waals surface area contributed by atoms with Crippen LogP contribution in [-0.2, 0) is 0 Å². The molecule has 1 aromatic heterocycles. The lowest BCUT2D eigenvalue weighted by atomic mass is 10.1. The van der Waals surface area contributed by atoms with E-state index in [1.54, 1.807) is 24.4 Å². The Hall–Kier alpha value is -2.27. The molecule has 5 heteroatoms. The number of non-ortho nitro benzene ring substituents is 1. The van der Waals surface area contributed by atoms with Crippen LogP contribution < -0.4 is 5.32 Å². The van der Waals surface area contributed by atoms with Gasteiger partial charge in [0.15, 0.2) is 0 Å². The summed E-state index contributed by atoms with van der Waals surface area (Å²) >= 11 is 0. The highest BCUT2D eigenvalue weighted by molar-refractivity contribution is 5.93. The normalized spacial score (nSPS) is 11.2. The average Bonchev–Trinajstić information content (AvgIpc) is 2.38. The van der Waals surface area contributed by atoms with Crippen LogP contribution in [0.3, 0.4) is 0 Å². The van der Waals surface area contributed by atoms with Crippen LogP contribution in [0.1, 0.15) is 5.56 Å². The fourth-order valence-electron chi connectivity index (χ4n) is 1.78.